The van der Waals surface area contributed by atoms with Gasteiger partial charge in [-0.25, -0.2) is 10.3 Å². The summed E-state index contributed by atoms with van der Waals surface area (Å²) in [6, 6.07) is 0. The van der Waals surface area contributed by atoms with E-state index in [0.29, 0.717) is 5.70 Å². The Hall–Kier alpha value is -1.12. The molecular formula is C8H11N2O. The topological polar surface area (TPSA) is 43.5 Å². The van der Waals surface area contributed by atoms with Crippen LogP contribution in [-0.2, 0) is 4.79 Å². The van der Waals surface area contributed by atoms with E-state index in [1.165, 1.54) is 6.20 Å². The highest BCUT2D eigenvalue weighted by Crippen LogP contribution is 2.04. The number of carbonyl (C=O) groups is 1. The summed E-state index contributed by atoms with van der Waals surface area (Å²) in [5.74, 6) is 0.786. The van der Waals surface area contributed by atoms with E-state index in [0.717, 1.165) is 31.4 Å². The number of aldehydes is 1. The van der Waals surface area contributed by atoms with Crippen molar-refractivity contribution in [2.45, 2.75) is 26.2 Å². The predicted molar refractivity (Wildman–Crippen MR) is 43.2 cm³/mol. The van der Waals surface area contributed by atoms with Gasteiger partial charge >= 0.3 is 0 Å². The molecule has 0 aromatic carbocycles. The minimum Gasteiger partial charge on any atom is -0.296 e. The molecule has 1 radical (unpaired) electrons. The van der Waals surface area contributed by atoms with Crippen molar-refractivity contribution in [2.75, 3.05) is 0 Å². The fraction of sp³-hybridized carbons (Fsp3) is 0.500. The van der Waals surface area contributed by atoms with Gasteiger partial charge in [0, 0.05) is 6.42 Å². The fourth-order valence-corrected chi connectivity index (χ4v) is 0.860. The molecule has 0 atom stereocenters. The van der Waals surface area contributed by atoms with Gasteiger partial charge in [-0.3, -0.25) is 4.79 Å². The first kappa shape index (κ1) is 7.98. The van der Waals surface area contributed by atoms with Gasteiger partial charge in [0.05, 0.1) is 6.20 Å². The van der Waals surface area contributed by atoms with Crippen LogP contribution in [0.3, 0.4) is 0 Å². The lowest BCUT2D eigenvalue weighted by Crippen LogP contribution is -2.10. The fourth-order valence-electron chi connectivity index (χ4n) is 0.860. The molecule has 0 aliphatic carbocycles. The van der Waals surface area contributed by atoms with Crippen molar-refractivity contribution in [3.05, 3.63) is 11.9 Å². The first-order valence-electron chi connectivity index (χ1n) is 3.80. The van der Waals surface area contributed by atoms with Gasteiger partial charge in [0.15, 0.2) is 6.29 Å². The predicted octanol–water partition coefficient (Wildman–Crippen LogP) is 1.23. The maximum absolute atomic E-state index is 10.2. The molecular weight excluding hydrogens is 140 g/mol. The molecule has 1 heterocycles. The second kappa shape index (κ2) is 3.91. The third-order valence-corrected chi connectivity index (χ3v) is 1.48. The number of nitrogens with zero attached hydrogens (tertiary/aromatic N) is 2. The number of carbonyl (C=O) groups excluding carboxylic acids is 1. The Morgan fingerprint density at radius 2 is 2.45 bits per heavy atom. The van der Waals surface area contributed by atoms with Gasteiger partial charge < -0.3 is 0 Å². The summed E-state index contributed by atoms with van der Waals surface area (Å²) in [4.78, 5) is 14.2. The molecule has 3 heteroatoms. The molecule has 0 fully saturated rings. The van der Waals surface area contributed by atoms with Crippen molar-refractivity contribution in [3.63, 3.8) is 0 Å². The summed E-state index contributed by atoms with van der Waals surface area (Å²) in [6.07, 6.45) is 5.33. The average molecular weight is 151 g/mol. The maximum Gasteiger partial charge on any atom is 0.170 e. The number of rotatable bonds is 4. The Morgan fingerprint density at radius 3 is 3.00 bits per heavy atom. The van der Waals surface area contributed by atoms with Crippen molar-refractivity contribution in [3.8, 4) is 0 Å². The molecule has 0 amide bonds. The number of allylic oxidation sites excluding steroid dienone is 1. The summed E-state index contributed by atoms with van der Waals surface area (Å²) >= 11 is 0. The highest BCUT2D eigenvalue weighted by Gasteiger charge is 2.08. The summed E-state index contributed by atoms with van der Waals surface area (Å²) in [5.41, 5.74) is 0.441. The number of hydrogen-bond acceptors (Lipinski definition) is 2. The molecule has 0 aromatic heterocycles. The molecule has 0 bridgehead atoms. The second-order valence-electron chi connectivity index (χ2n) is 2.43. The number of unbranched alkanes of at least 4 members (excludes halogenated alkanes) is 1. The molecule has 59 valence electrons. The van der Waals surface area contributed by atoms with Crippen LogP contribution < -0.4 is 5.32 Å². The molecule has 3 nitrogen and oxygen atoms in total. The Kier molecular flexibility index (Phi) is 2.83. The van der Waals surface area contributed by atoms with E-state index in [1.807, 2.05) is 0 Å². The SMILES string of the molecule is CCCCC1=NC=C(C=O)[N]1. The van der Waals surface area contributed by atoms with Crippen LogP contribution in [0.2, 0.25) is 0 Å². The van der Waals surface area contributed by atoms with Gasteiger partial charge in [-0.2, -0.15) is 0 Å². The molecule has 0 N–H and O–H groups in total. The standard InChI is InChI=1S/C8H11N2O/c1-2-3-4-8-9-5-7(6-11)10-8/h5-6H,2-4H2,1H3. The monoisotopic (exact) mass is 151 g/mol. The molecule has 0 saturated heterocycles. The lowest BCUT2D eigenvalue weighted by molar-refractivity contribution is -0.105. The van der Waals surface area contributed by atoms with Gasteiger partial charge in [0.1, 0.15) is 11.5 Å². The van der Waals surface area contributed by atoms with Crippen LogP contribution in [0.5, 0.6) is 0 Å². The third-order valence-electron chi connectivity index (χ3n) is 1.48. The zero-order chi connectivity index (χ0) is 8.10. The normalized spacial score (nSPS) is 15.4. The highest BCUT2D eigenvalue weighted by atomic mass is 16.1. The summed E-state index contributed by atoms with van der Waals surface area (Å²) in [5, 5.41) is 3.99. The molecule has 0 saturated carbocycles. The summed E-state index contributed by atoms with van der Waals surface area (Å²) < 4.78 is 0. The van der Waals surface area contributed by atoms with Gasteiger partial charge in [-0.1, -0.05) is 13.3 Å². The molecule has 0 unspecified atom stereocenters. The van der Waals surface area contributed by atoms with E-state index in [4.69, 9.17) is 0 Å². The zero-order valence-corrected chi connectivity index (χ0v) is 6.58. The van der Waals surface area contributed by atoms with Crippen molar-refractivity contribution in [1.82, 2.24) is 5.32 Å². The van der Waals surface area contributed by atoms with Crippen molar-refractivity contribution in [2.24, 2.45) is 4.99 Å². The molecule has 1 aliphatic heterocycles. The van der Waals surface area contributed by atoms with Crippen molar-refractivity contribution >= 4 is 12.1 Å². The Balaban J connectivity index is 2.28. The van der Waals surface area contributed by atoms with Crippen LogP contribution in [-0.4, -0.2) is 12.1 Å². The molecule has 1 aliphatic rings. The van der Waals surface area contributed by atoms with Crippen LogP contribution in [0, 0.1) is 0 Å². The Labute approximate surface area is 66.2 Å². The van der Waals surface area contributed by atoms with Crippen molar-refractivity contribution < 1.29 is 4.79 Å². The van der Waals surface area contributed by atoms with Gasteiger partial charge in [-0.15, -0.1) is 0 Å². The van der Waals surface area contributed by atoms with E-state index in [9.17, 15) is 4.79 Å². The molecule has 11 heavy (non-hydrogen) atoms. The average Bonchev–Trinajstić information content (AvgIpc) is 2.48. The Bertz CT molecular complexity index is 206. The van der Waals surface area contributed by atoms with Crippen LogP contribution in [0.25, 0.3) is 0 Å². The van der Waals surface area contributed by atoms with Gasteiger partial charge in [0.25, 0.3) is 0 Å². The van der Waals surface area contributed by atoms with E-state index >= 15 is 0 Å². The number of hydrogen-bond donors (Lipinski definition) is 0. The lowest BCUT2D eigenvalue weighted by atomic mass is 10.2. The number of amidine groups is 1. The Morgan fingerprint density at radius 1 is 1.64 bits per heavy atom. The largest absolute Gasteiger partial charge is 0.296 e. The first-order chi connectivity index (χ1) is 5.36. The van der Waals surface area contributed by atoms with Crippen LogP contribution in [0.4, 0.5) is 0 Å². The van der Waals surface area contributed by atoms with Gasteiger partial charge in [0.2, 0.25) is 0 Å². The minimum atomic E-state index is 0.441. The zero-order valence-electron chi connectivity index (χ0n) is 6.58. The first-order valence-corrected chi connectivity index (χ1v) is 3.80. The quantitative estimate of drug-likeness (QED) is 0.557. The van der Waals surface area contributed by atoms with E-state index in [1.54, 1.807) is 0 Å². The van der Waals surface area contributed by atoms with E-state index in [2.05, 4.69) is 17.2 Å². The third kappa shape index (κ3) is 2.18. The van der Waals surface area contributed by atoms with Crippen molar-refractivity contribution in [1.29, 1.82) is 0 Å². The van der Waals surface area contributed by atoms with E-state index in [-0.39, 0.29) is 0 Å². The van der Waals surface area contributed by atoms with Crippen LogP contribution in [0.15, 0.2) is 16.9 Å². The summed E-state index contributed by atoms with van der Waals surface area (Å²) in [7, 11) is 0. The van der Waals surface area contributed by atoms with Crippen LogP contribution >= 0.6 is 0 Å². The second-order valence-corrected chi connectivity index (χ2v) is 2.43. The van der Waals surface area contributed by atoms with Crippen LogP contribution in [0.1, 0.15) is 26.2 Å². The van der Waals surface area contributed by atoms with E-state index < -0.39 is 0 Å². The molecule has 0 spiro atoms. The molecule has 1 rings (SSSR count). The lowest BCUT2D eigenvalue weighted by Gasteiger charge is -1.96. The minimum absolute atomic E-state index is 0.441. The summed E-state index contributed by atoms with van der Waals surface area (Å²) in [6.45, 7) is 2.11. The number of aliphatic imine (C=N–C) groups is 1. The highest BCUT2D eigenvalue weighted by molar-refractivity contribution is 5.92. The maximum atomic E-state index is 10.2. The smallest absolute Gasteiger partial charge is 0.170 e. The van der Waals surface area contributed by atoms with Gasteiger partial charge in [-0.05, 0) is 6.42 Å². The molecule has 0 aromatic rings.